The van der Waals surface area contributed by atoms with Crippen LogP contribution in [0.15, 0.2) is 22.7 Å². The Morgan fingerprint density at radius 1 is 1.53 bits per heavy atom. The second kappa shape index (κ2) is 4.20. The lowest BCUT2D eigenvalue weighted by atomic mass is 10.2. The molecule has 15 heavy (non-hydrogen) atoms. The highest BCUT2D eigenvalue weighted by molar-refractivity contribution is 9.10. The lowest BCUT2D eigenvalue weighted by Crippen LogP contribution is -2.11. The number of nitrogens with zero attached hydrogens (tertiary/aromatic N) is 2. The first kappa shape index (κ1) is 10.4. The summed E-state index contributed by atoms with van der Waals surface area (Å²) in [5.74, 6) is 0.630. The smallest absolute Gasteiger partial charge is 0.241 e. The summed E-state index contributed by atoms with van der Waals surface area (Å²) in [7, 11) is 1.89. The van der Waals surface area contributed by atoms with E-state index in [1.807, 2.05) is 25.2 Å². The van der Waals surface area contributed by atoms with Gasteiger partial charge in [-0.25, -0.2) is 0 Å². The molecular weight excluding hydrogens is 258 g/mol. The third-order valence-electron chi connectivity index (χ3n) is 2.15. The lowest BCUT2D eigenvalue weighted by molar-refractivity contribution is 0.315. The van der Waals surface area contributed by atoms with Crippen molar-refractivity contribution in [2.75, 3.05) is 13.2 Å². The summed E-state index contributed by atoms with van der Waals surface area (Å²) >= 11 is 3.49. The first-order valence-electron chi connectivity index (χ1n) is 4.68. The highest BCUT2D eigenvalue weighted by atomic mass is 79.9. The van der Waals surface area contributed by atoms with E-state index in [2.05, 4.69) is 21.0 Å². The maximum Gasteiger partial charge on any atom is 0.241 e. The molecule has 2 rings (SSSR count). The molecule has 0 fully saturated rings. The highest BCUT2D eigenvalue weighted by Crippen LogP contribution is 2.31. The quantitative estimate of drug-likeness (QED) is 0.923. The lowest BCUT2D eigenvalue weighted by Gasteiger charge is -2.00. The molecule has 2 N–H and O–H groups in total. The molecule has 0 aliphatic carbocycles. The first-order chi connectivity index (χ1) is 7.24. The molecule has 0 bridgehead atoms. The molecule has 5 heteroatoms. The van der Waals surface area contributed by atoms with Crippen LogP contribution in [0.3, 0.4) is 0 Å². The van der Waals surface area contributed by atoms with E-state index in [0.29, 0.717) is 19.0 Å². The zero-order valence-electron chi connectivity index (χ0n) is 8.40. The zero-order chi connectivity index (χ0) is 10.8. The van der Waals surface area contributed by atoms with E-state index in [1.54, 1.807) is 4.68 Å². The van der Waals surface area contributed by atoms with Crippen molar-refractivity contribution in [2.24, 2.45) is 12.8 Å². The van der Waals surface area contributed by atoms with Crippen LogP contribution >= 0.6 is 15.9 Å². The van der Waals surface area contributed by atoms with E-state index in [9.17, 15) is 0 Å². The van der Waals surface area contributed by atoms with Gasteiger partial charge in [0.15, 0.2) is 0 Å². The van der Waals surface area contributed by atoms with Crippen LogP contribution in [0.1, 0.15) is 0 Å². The minimum atomic E-state index is 0.480. The Bertz CT molecular complexity index is 481. The second-order valence-electron chi connectivity index (χ2n) is 3.20. The first-order valence-corrected chi connectivity index (χ1v) is 5.47. The van der Waals surface area contributed by atoms with Gasteiger partial charge in [0.1, 0.15) is 6.61 Å². The van der Waals surface area contributed by atoms with Crippen LogP contribution in [0.2, 0.25) is 0 Å². The van der Waals surface area contributed by atoms with Crippen molar-refractivity contribution in [3.05, 3.63) is 22.7 Å². The van der Waals surface area contributed by atoms with Crippen molar-refractivity contribution in [2.45, 2.75) is 0 Å². The largest absolute Gasteiger partial charge is 0.475 e. The molecule has 0 aliphatic rings. The van der Waals surface area contributed by atoms with Gasteiger partial charge in [-0.2, -0.15) is 0 Å². The number of halogens is 1. The Morgan fingerprint density at radius 2 is 2.33 bits per heavy atom. The summed E-state index contributed by atoms with van der Waals surface area (Å²) in [5, 5.41) is 5.29. The van der Waals surface area contributed by atoms with Gasteiger partial charge in [0.25, 0.3) is 0 Å². The number of hydrogen-bond donors (Lipinski definition) is 1. The molecule has 0 atom stereocenters. The van der Waals surface area contributed by atoms with Gasteiger partial charge in [-0.05, 0) is 28.1 Å². The summed E-state index contributed by atoms with van der Waals surface area (Å²) < 4.78 is 8.27. The van der Waals surface area contributed by atoms with Gasteiger partial charge in [0, 0.05) is 18.1 Å². The van der Waals surface area contributed by atoms with E-state index < -0.39 is 0 Å². The van der Waals surface area contributed by atoms with Crippen molar-refractivity contribution in [1.82, 2.24) is 9.78 Å². The molecule has 0 saturated heterocycles. The summed E-state index contributed by atoms with van der Waals surface area (Å²) in [4.78, 5) is 0. The minimum absolute atomic E-state index is 0.480. The van der Waals surface area contributed by atoms with Crippen molar-refractivity contribution in [3.63, 3.8) is 0 Å². The van der Waals surface area contributed by atoms with Crippen LogP contribution < -0.4 is 10.5 Å². The molecule has 4 nitrogen and oxygen atoms in total. The normalized spacial score (nSPS) is 10.9. The van der Waals surface area contributed by atoms with Gasteiger partial charge in [-0.1, -0.05) is 6.07 Å². The van der Waals surface area contributed by atoms with Crippen LogP contribution in [0.4, 0.5) is 0 Å². The zero-order valence-corrected chi connectivity index (χ0v) is 9.99. The van der Waals surface area contributed by atoms with Gasteiger partial charge in [-0.15, -0.1) is 5.10 Å². The molecule has 2 aromatic rings. The van der Waals surface area contributed by atoms with E-state index in [1.165, 1.54) is 0 Å². The van der Waals surface area contributed by atoms with Crippen molar-refractivity contribution in [3.8, 4) is 5.88 Å². The molecule has 1 aromatic carbocycles. The molecule has 0 amide bonds. The van der Waals surface area contributed by atoms with Gasteiger partial charge >= 0.3 is 0 Å². The van der Waals surface area contributed by atoms with Crippen LogP contribution in [0.25, 0.3) is 10.9 Å². The maximum absolute atomic E-state index is 5.48. The fourth-order valence-corrected chi connectivity index (χ4v) is 2.02. The summed E-state index contributed by atoms with van der Waals surface area (Å²) in [6, 6.07) is 5.95. The van der Waals surface area contributed by atoms with Crippen molar-refractivity contribution in [1.29, 1.82) is 0 Å². The number of hydrogen-bond acceptors (Lipinski definition) is 3. The van der Waals surface area contributed by atoms with E-state index >= 15 is 0 Å². The van der Waals surface area contributed by atoms with Gasteiger partial charge in [0.05, 0.1) is 10.9 Å². The molecule has 1 heterocycles. The van der Waals surface area contributed by atoms with Gasteiger partial charge in [-0.3, -0.25) is 4.68 Å². The third kappa shape index (κ3) is 1.85. The number of nitrogens with two attached hydrogens (primary N) is 1. The van der Waals surface area contributed by atoms with Crippen molar-refractivity contribution >= 4 is 26.8 Å². The molecule has 0 spiro atoms. The Morgan fingerprint density at radius 3 is 3.07 bits per heavy atom. The standard InChI is InChI=1S/C10H12BrN3O/c1-14-8-4-2-3-7(11)9(8)10(13-14)15-6-5-12/h2-4H,5-6,12H2,1H3. The fourth-order valence-electron chi connectivity index (χ4n) is 1.49. The average Bonchev–Trinajstić information content (AvgIpc) is 2.55. The van der Waals surface area contributed by atoms with Gasteiger partial charge < -0.3 is 10.5 Å². The molecule has 0 saturated carbocycles. The topological polar surface area (TPSA) is 53.1 Å². The van der Waals surface area contributed by atoms with Crippen LogP contribution in [-0.2, 0) is 7.05 Å². The second-order valence-corrected chi connectivity index (χ2v) is 4.05. The average molecular weight is 270 g/mol. The number of benzene rings is 1. The molecular formula is C10H12BrN3O. The van der Waals surface area contributed by atoms with E-state index in [-0.39, 0.29) is 0 Å². The fraction of sp³-hybridized carbons (Fsp3) is 0.300. The monoisotopic (exact) mass is 269 g/mol. The van der Waals surface area contributed by atoms with E-state index in [0.717, 1.165) is 15.4 Å². The van der Waals surface area contributed by atoms with Gasteiger partial charge in [0.2, 0.25) is 5.88 Å². The molecule has 0 radical (unpaired) electrons. The van der Waals surface area contributed by atoms with Crippen LogP contribution in [0.5, 0.6) is 5.88 Å². The van der Waals surface area contributed by atoms with Crippen LogP contribution in [-0.4, -0.2) is 22.9 Å². The Balaban J connectivity index is 2.54. The number of fused-ring (bicyclic) bond motifs is 1. The Labute approximate surface area is 96.1 Å². The number of ether oxygens (including phenoxy) is 1. The maximum atomic E-state index is 5.48. The predicted octanol–water partition coefficient (Wildman–Crippen LogP) is 1.67. The SMILES string of the molecule is Cn1nc(OCCN)c2c(Br)cccc21. The molecule has 0 aliphatic heterocycles. The Kier molecular flexibility index (Phi) is 2.93. The minimum Gasteiger partial charge on any atom is -0.475 e. The van der Waals surface area contributed by atoms with Crippen LogP contribution in [0, 0.1) is 0 Å². The Hall–Kier alpha value is -1.07. The third-order valence-corrected chi connectivity index (χ3v) is 2.81. The predicted molar refractivity (Wildman–Crippen MR) is 63.0 cm³/mol. The highest BCUT2D eigenvalue weighted by Gasteiger charge is 2.11. The number of aromatic nitrogens is 2. The molecule has 1 aromatic heterocycles. The summed E-state index contributed by atoms with van der Waals surface area (Å²) in [6.07, 6.45) is 0. The number of rotatable bonds is 3. The summed E-state index contributed by atoms with van der Waals surface area (Å²) in [5.41, 5.74) is 6.43. The molecule has 80 valence electrons. The molecule has 0 unspecified atom stereocenters. The summed E-state index contributed by atoms with van der Waals surface area (Å²) in [6.45, 7) is 0.968. The van der Waals surface area contributed by atoms with Crippen molar-refractivity contribution < 1.29 is 4.74 Å². The van der Waals surface area contributed by atoms with E-state index in [4.69, 9.17) is 10.5 Å². The number of aryl methyl sites for hydroxylation is 1.